The van der Waals surface area contributed by atoms with E-state index >= 15 is 0 Å². The van der Waals surface area contributed by atoms with Gasteiger partial charge >= 0.3 is 0 Å². The summed E-state index contributed by atoms with van der Waals surface area (Å²) in [6.45, 7) is 3.78. The number of benzene rings is 1. The molecule has 1 atom stereocenters. The Kier molecular flexibility index (Phi) is 4.08. The number of aliphatic imine (C=N–C) groups is 2. The Morgan fingerprint density at radius 3 is 2.62 bits per heavy atom. The molecule has 0 spiro atoms. The number of pyridine rings is 1. The van der Waals surface area contributed by atoms with Crippen LogP contribution in [-0.2, 0) is 5.66 Å². The first-order valence-corrected chi connectivity index (χ1v) is 9.03. The van der Waals surface area contributed by atoms with E-state index < -0.39 is 5.66 Å². The van der Waals surface area contributed by atoms with Crippen molar-refractivity contribution in [1.82, 2.24) is 4.98 Å². The van der Waals surface area contributed by atoms with Crippen LogP contribution in [0.1, 0.15) is 44.2 Å². The van der Waals surface area contributed by atoms with Crippen molar-refractivity contribution in [3.63, 3.8) is 0 Å². The summed E-state index contributed by atoms with van der Waals surface area (Å²) in [5, 5.41) is 0. The summed E-state index contributed by atoms with van der Waals surface area (Å²) in [5.41, 5.74) is 10.6. The molecule has 0 radical (unpaired) electrons. The second-order valence-corrected chi connectivity index (χ2v) is 6.97. The molecular weight excluding hydrogens is 320 g/mol. The zero-order valence-corrected chi connectivity index (χ0v) is 15.2. The molecule has 1 unspecified atom stereocenters. The van der Waals surface area contributed by atoms with Crippen LogP contribution in [0, 0.1) is 17.8 Å². The average molecular weight is 342 g/mol. The van der Waals surface area contributed by atoms with Gasteiger partial charge in [0.15, 0.2) is 5.66 Å². The van der Waals surface area contributed by atoms with E-state index in [2.05, 4.69) is 47.2 Å². The lowest BCUT2D eigenvalue weighted by atomic mass is 9.73. The van der Waals surface area contributed by atoms with E-state index in [0.717, 1.165) is 40.8 Å². The van der Waals surface area contributed by atoms with Crippen molar-refractivity contribution < 1.29 is 0 Å². The molecule has 2 N–H and O–H groups in total. The molecule has 1 aromatic carbocycles. The molecule has 4 nitrogen and oxygen atoms in total. The van der Waals surface area contributed by atoms with Gasteiger partial charge in [0.25, 0.3) is 0 Å². The molecular formula is C22H22N4. The predicted molar refractivity (Wildman–Crippen MR) is 106 cm³/mol. The van der Waals surface area contributed by atoms with Crippen LogP contribution in [0.5, 0.6) is 0 Å². The molecule has 2 aliphatic rings. The highest BCUT2D eigenvalue weighted by Gasteiger charge is 2.46. The van der Waals surface area contributed by atoms with Crippen LogP contribution in [0.2, 0.25) is 0 Å². The smallest absolute Gasteiger partial charge is 0.181 e. The molecule has 1 fully saturated rings. The Morgan fingerprint density at radius 1 is 1.12 bits per heavy atom. The Labute approximate surface area is 154 Å². The average Bonchev–Trinajstić information content (AvgIpc) is 2.90. The minimum Gasteiger partial charge on any atom is -0.382 e. The van der Waals surface area contributed by atoms with Crippen LogP contribution in [0.4, 0.5) is 0 Å². The van der Waals surface area contributed by atoms with Gasteiger partial charge < -0.3 is 5.73 Å². The fourth-order valence-corrected chi connectivity index (χ4v) is 3.70. The van der Waals surface area contributed by atoms with E-state index in [1.165, 1.54) is 6.42 Å². The molecule has 1 aliphatic carbocycles. The molecule has 26 heavy (non-hydrogen) atoms. The third kappa shape index (κ3) is 2.70. The lowest BCUT2D eigenvalue weighted by Gasteiger charge is -2.38. The van der Waals surface area contributed by atoms with Crippen molar-refractivity contribution in [1.29, 1.82) is 0 Å². The molecule has 2 aromatic rings. The van der Waals surface area contributed by atoms with Gasteiger partial charge in [-0.3, -0.25) is 9.98 Å². The summed E-state index contributed by atoms with van der Waals surface area (Å²) in [5.74, 6) is 6.98. The first-order valence-electron chi connectivity index (χ1n) is 9.03. The summed E-state index contributed by atoms with van der Waals surface area (Å²) >= 11 is 0. The van der Waals surface area contributed by atoms with Gasteiger partial charge in [-0.1, -0.05) is 30.5 Å². The van der Waals surface area contributed by atoms with E-state index in [0.29, 0.717) is 11.8 Å². The van der Waals surface area contributed by atoms with Crippen molar-refractivity contribution >= 4 is 11.5 Å². The number of amidine groups is 1. The van der Waals surface area contributed by atoms with Gasteiger partial charge in [0, 0.05) is 35.0 Å². The number of nitrogens with zero attached hydrogens (tertiary/aromatic N) is 3. The number of nitrogens with two attached hydrogens (primary N) is 1. The van der Waals surface area contributed by atoms with Crippen LogP contribution in [-0.4, -0.2) is 16.5 Å². The van der Waals surface area contributed by atoms with Crippen molar-refractivity contribution in [2.24, 2.45) is 21.6 Å². The summed E-state index contributed by atoms with van der Waals surface area (Å²) in [6.07, 6.45) is 7.17. The Balaban J connectivity index is 1.80. The minimum absolute atomic E-state index is 0.421. The highest BCUT2D eigenvalue weighted by Crippen LogP contribution is 2.48. The summed E-state index contributed by atoms with van der Waals surface area (Å²) in [4.78, 5) is 14.1. The largest absolute Gasteiger partial charge is 0.382 e. The van der Waals surface area contributed by atoms with Crippen molar-refractivity contribution in [2.45, 2.75) is 38.8 Å². The summed E-state index contributed by atoms with van der Waals surface area (Å²) in [6, 6.07) is 10.5. The molecule has 4 rings (SSSR count). The van der Waals surface area contributed by atoms with Gasteiger partial charge in [0.05, 0.1) is 5.71 Å². The van der Waals surface area contributed by atoms with Gasteiger partial charge in [-0.25, -0.2) is 4.99 Å². The third-order valence-electron chi connectivity index (χ3n) is 5.30. The van der Waals surface area contributed by atoms with Gasteiger partial charge in [0.1, 0.15) is 5.84 Å². The van der Waals surface area contributed by atoms with E-state index in [1.54, 1.807) is 6.20 Å². The van der Waals surface area contributed by atoms with Gasteiger partial charge in [-0.05, 0) is 44.4 Å². The first-order chi connectivity index (χ1) is 12.6. The molecule has 1 aromatic heterocycles. The number of rotatable bonds is 3. The first kappa shape index (κ1) is 16.5. The zero-order chi connectivity index (χ0) is 18.1. The molecule has 4 heteroatoms. The Morgan fingerprint density at radius 2 is 1.96 bits per heavy atom. The molecule has 2 heterocycles. The number of aromatic nitrogens is 1. The van der Waals surface area contributed by atoms with Crippen LogP contribution >= 0.6 is 0 Å². The monoisotopic (exact) mass is 342 g/mol. The quantitative estimate of drug-likeness (QED) is 0.860. The molecule has 0 bridgehead atoms. The highest BCUT2D eigenvalue weighted by atomic mass is 15.2. The van der Waals surface area contributed by atoms with Gasteiger partial charge in [-0.15, -0.1) is 5.92 Å². The summed E-state index contributed by atoms with van der Waals surface area (Å²) < 4.78 is 0. The van der Waals surface area contributed by atoms with E-state index in [1.807, 2.05) is 20.0 Å². The molecule has 0 amide bonds. The minimum atomic E-state index is -0.559. The second kappa shape index (κ2) is 6.42. The van der Waals surface area contributed by atoms with Crippen LogP contribution in [0.25, 0.3) is 11.1 Å². The SMILES string of the molecule is CC#Cc1cncc(-c2cccc(C3(C4CCC4)N=C(C)C(N)=N3)c2)c1. The third-order valence-corrected chi connectivity index (χ3v) is 5.30. The lowest BCUT2D eigenvalue weighted by molar-refractivity contribution is 0.179. The number of hydrogen-bond acceptors (Lipinski definition) is 4. The Hall–Kier alpha value is -2.93. The van der Waals surface area contributed by atoms with E-state index in [4.69, 9.17) is 15.7 Å². The van der Waals surface area contributed by atoms with Crippen molar-refractivity contribution in [2.75, 3.05) is 0 Å². The number of hydrogen-bond donors (Lipinski definition) is 1. The fourth-order valence-electron chi connectivity index (χ4n) is 3.70. The van der Waals surface area contributed by atoms with Crippen molar-refractivity contribution in [3.8, 4) is 23.0 Å². The van der Waals surface area contributed by atoms with Crippen LogP contribution < -0.4 is 5.73 Å². The molecule has 1 aliphatic heterocycles. The zero-order valence-electron chi connectivity index (χ0n) is 15.2. The van der Waals surface area contributed by atoms with Crippen LogP contribution in [0.15, 0.2) is 52.7 Å². The van der Waals surface area contributed by atoms with E-state index in [-0.39, 0.29) is 0 Å². The molecule has 1 saturated carbocycles. The predicted octanol–water partition coefficient (Wildman–Crippen LogP) is 3.90. The fraction of sp³-hybridized carbons (Fsp3) is 0.318. The normalized spacial score (nSPS) is 22.1. The maximum Gasteiger partial charge on any atom is 0.181 e. The maximum absolute atomic E-state index is 6.10. The van der Waals surface area contributed by atoms with Gasteiger partial charge in [0.2, 0.25) is 0 Å². The van der Waals surface area contributed by atoms with Crippen LogP contribution in [0.3, 0.4) is 0 Å². The Bertz CT molecular complexity index is 953. The molecule has 0 saturated heterocycles. The standard InChI is InChI=1S/C22H22N4/c1-3-6-16-11-18(14-24-13-16)17-7-4-10-20(12-17)22(19-8-5-9-19)25-15(2)21(23)26-22/h4,7,10-14,19H,5,8-9H2,1-2H3,(H2,23,26). The van der Waals surface area contributed by atoms with E-state index in [9.17, 15) is 0 Å². The maximum atomic E-state index is 6.10. The van der Waals surface area contributed by atoms with Gasteiger partial charge in [-0.2, -0.15) is 0 Å². The van der Waals surface area contributed by atoms with Crippen molar-refractivity contribution in [3.05, 3.63) is 53.9 Å². The second-order valence-electron chi connectivity index (χ2n) is 6.97. The highest BCUT2D eigenvalue weighted by molar-refractivity contribution is 6.41. The summed E-state index contributed by atoms with van der Waals surface area (Å²) in [7, 11) is 0. The topological polar surface area (TPSA) is 63.6 Å². The molecule has 130 valence electrons. The lowest BCUT2D eigenvalue weighted by Crippen LogP contribution is -2.35.